The van der Waals surface area contributed by atoms with Gasteiger partial charge in [0.05, 0.1) is 22.7 Å². The SMILES string of the molecule is O=C(NCn1occc1=O)c1cc2c(=O)n(C(=O)c3ccc4c(c3)S(=O)(=O)N(O)C4=O)cnc2cn1. The number of hydroxylamine groups is 1. The number of hydrogen-bond donors (Lipinski definition) is 2. The third kappa shape index (κ3) is 3.48. The average molecular weight is 512 g/mol. The molecule has 1 aromatic carbocycles. The van der Waals surface area contributed by atoms with Gasteiger partial charge >= 0.3 is 0 Å². The zero-order chi connectivity index (χ0) is 25.8. The van der Waals surface area contributed by atoms with Crippen molar-refractivity contribution in [3.05, 3.63) is 86.6 Å². The van der Waals surface area contributed by atoms with Crippen molar-refractivity contribution in [3.8, 4) is 0 Å². The van der Waals surface area contributed by atoms with Crippen molar-refractivity contribution >= 4 is 38.6 Å². The lowest BCUT2D eigenvalue weighted by atomic mass is 10.1. The van der Waals surface area contributed by atoms with E-state index < -0.39 is 48.2 Å². The molecule has 2 N–H and O–H groups in total. The maximum Gasteiger partial charge on any atom is 0.293 e. The zero-order valence-corrected chi connectivity index (χ0v) is 18.5. The zero-order valence-electron chi connectivity index (χ0n) is 17.7. The Bertz CT molecular complexity index is 1840. The molecular formula is C20H12N6O9S. The highest BCUT2D eigenvalue weighted by Gasteiger charge is 2.41. The summed E-state index contributed by atoms with van der Waals surface area (Å²) in [5, 5.41) is 11.8. The predicted octanol–water partition coefficient (Wildman–Crippen LogP) is -0.844. The van der Waals surface area contributed by atoms with Crippen LogP contribution in [0.4, 0.5) is 0 Å². The van der Waals surface area contributed by atoms with Crippen molar-refractivity contribution < 1.29 is 32.5 Å². The fraction of sp³-hybridized carbons (Fsp3) is 0.0500. The minimum atomic E-state index is -4.55. The molecule has 3 aromatic heterocycles. The maximum atomic E-state index is 13.0. The van der Waals surface area contributed by atoms with E-state index in [1.165, 1.54) is 0 Å². The number of fused-ring (bicyclic) bond motifs is 2. The molecule has 15 nitrogen and oxygen atoms in total. The van der Waals surface area contributed by atoms with E-state index in [0.29, 0.717) is 4.57 Å². The Labute approximate surface area is 198 Å². The van der Waals surface area contributed by atoms with Gasteiger partial charge in [-0.1, -0.05) is 0 Å². The molecule has 4 aromatic rings. The Balaban J connectivity index is 1.49. The summed E-state index contributed by atoms with van der Waals surface area (Å²) >= 11 is 0. The van der Waals surface area contributed by atoms with E-state index in [-0.39, 0.29) is 34.4 Å². The highest BCUT2D eigenvalue weighted by Crippen LogP contribution is 2.29. The second kappa shape index (κ2) is 8.07. The largest absolute Gasteiger partial charge is 0.382 e. The monoisotopic (exact) mass is 512 g/mol. The van der Waals surface area contributed by atoms with Gasteiger partial charge < -0.3 is 9.84 Å². The topological polar surface area (TPSA) is 204 Å². The molecule has 4 heterocycles. The smallest absolute Gasteiger partial charge is 0.293 e. The molecule has 16 heteroatoms. The van der Waals surface area contributed by atoms with E-state index in [9.17, 15) is 37.6 Å². The molecule has 182 valence electrons. The third-order valence-electron chi connectivity index (χ3n) is 5.26. The van der Waals surface area contributed by atoms with Gasteiger partial charge in [-0.3, -0.25) is 29.2 Å². The van der Waals surface area contributed by atoms with Crippen LogP contribution >= 0.6 is 0 Å². The first-order chi connectivity index (χ1) is 17.1. The van der Waals surface area contributed by atoms with Crippen LogP contribution in [0.25, 0.3) is 10.9 Å². The Morgan fingerprint density at radius 3 is 2.58 bits per heavy atom. The summed E-state index contributed by atoms with van der Waals surface area (Å²) in [6, 6.07) is 5.27. The number of rotatable bonds is 4. The van der Waals surface area contributed by atoms with Crippen LogP contribution < -0.4 is 16.4 Å². The fourth-order valence-corrected chi connectivity index (χ4v) is 4.64. The number of amides is 2. The van der Waals surface area contributed by atoms with Crippen LogP contribution in [0.5, 0.6) is 0 Å². The average Bonchev–Trinajstić information content (AvgIpc) is 3.36. The van der Waals surface area contributed by atoms with Crippen LogP contribution in [0.2, 0.25) is 0 Å². The van der Waals surface area contributed by atoms with E-state index in [2.05, 4.69) is 15.3 Å². The lowest BCUT2D eigenvalue weighted by molar-refractivity contribution is 0.0111. The summed E-state index contributed by atoms with van der Waals surface area (Å²) in [5.74, 6) is -2.90. The Morgan fingerprint density at radius 1 is 1.08 bits per heavy atom. The number of nitrogens with one attached hydrogen (secondary N) is 1. The van der Waals surface area contributed by atoms with Gasteiger partial charge in [-0.15, -0.1) is 4.47 Å². The molecule has 0 saturated heterocycles. The number of hydrogen-bond acceptors (Lipinski definition) is 11. The van der Waals surface area contributed by atoms with Gasteiger partial charge in [0, 0.05) is 11.6 Å². The van der Waals surface area contributed by atoms with E-state index in [1.54, 1.807) is 0 Å². The first kappa shape index (κ1) is 22.8. The summed E-state index contributed by atoms with van der Waals surface area (Å²) < 4.78 is 30.3. The molecule has 0 atom stereocenters. The van der Waals surface area contributed by atoms with E-state index in [0.717, 1.165) is 53.9 Å². The normalized spacial score (nSPS) is 14.1. The van der Waals surface area contributed by atoms with Crippen molar-refractivity contribution in [2.45, 2.75) is 11.6 Å². The molecule has 1 aliphatic heterocycles. The van der Waals surface area contributed by atoms with Crippen LogP contribution in [-0.4, -0.2) is 55.1 Å². The molecule has 0 bridgehead atoms. The molecule has 0 aliphatic carbocycles. The van der Waals surface area contributed by atoms with Gasteiger partial charge in [0.25, 0.3) is 38.9 Å². The Hall–Kier alpha value is -4.96. The first-order valence-electron chi connectivity index (χ1n) is 9.87. The van der Waals surface area contributed by atoms with Crippen molar-refractivity contribution in [1.82, 2.24) is 29.1 Å². The molecule has 5 rings (SSSR count). The van der Waals surface area contributed by atoms with E-state index >= 15 is 0 Å². The Morgan fingerprint density at radius 2 is 1.86 bits per heavy atom. The Kier molecular flexibility index (Phi) is 5.11. The second-order valence-electron chi connectivity index (χ2n) is 7.36. The molecule has 0 fully saturated rings. The standard InChI is InChI=1S/C20H12N6O9S/c27-16-3-4-35-25(16)9-23-17(28)13-6-12-14(7-21-13)22-8-24(19(12)30)18(29)10-1-2-11-15(5-10)36(33,34)26(32)20(11)31/h1-8,32H,9H2,(H,23,28). The lowest BCUT2D eigenvalue weighted by Gasteiger charge is -2.08. The summed E-state index contributed by atoms with van der Waals surface area (Å²) in [6.07, 6.45) is 3.19. The lowest BCUT2D eigenvalue weighted by Crippen LogP contribution is -2.31. The van der Waals surface area contributed by atoms with Gasteiger partial charge in [0.15, 0.2) is 0 Å². The fourth-order valence-electron chi connectivity index (χ4n) is 3.43. The number of pyridine rings is 1. The highest BCUT2D eigenvalue weighted by atomic mass is 32.2. The minimum Gasteiger partial charge on any atom is -0.382 e. The van der Waals surface area contributed by atoms with Crippen molar-refractivity contribution in [3.63, 3.8) is 0 Å². The summed E-state index contributed by atoms with van der Waals surface area (Å²) in [4.78, 5) is 69.1. The number of carbonyl (C=O) groups is 3. The first-order valence-corrected chi connectivity index (χ1v) is 11.3. The number of carbonyl (C=O) groups excluding carboxylic acids is 3. The van der Waals surface area contributed by atoms with E-state index in [4.69, 9.17) is 4.52 Å². The summed E-state index contributed by atoms with van der Waals surface area (Å²) in [7, 11) is -4.55. The maximum absolute atomic E-state index is 13.0. The minimum absolute atomic E-state index is 0.0703. The van der Waals surface area contributed by atoms with Crippen molar-refractivity contribution in [2.75, 3.05) is 0 Å². The van der Waals surface area contributed by atoms with Gasteiger partial charge in [-0.05, 0) is 24.3 Å². The number of sulfonamides is 1. The van der Waals surface area contributed by atoms with Crippen molar-refractivity contribution in [1.29, 1.82) is 0 Å². The van der Waals surface area contributed by atoms with Gasteiger partial charge in [0.2, 0.25) is 0 Å². The highest BCUT2D eigenvalue weighted by molar-refractivity contribution is 7.90. The summed E-state index contributed by atoms with van der Waals surface area (Å²) in [5.41, 5.74) is -2.12. The third-order valence-corrected chi connectivity index (χ3v) is 6.78. The molecule has 0 radical (unpaired) electrons. The van der Waals surface area contributed by atoms with E-state index in [1.807, 2.05) is 0 Å². The second-order valence-corrected chi connectivity index (χ2v) is 9.10. The number of nitrogens with zero attached hydrogens (tertiary/aromatic N) is 5. The van der Waals surface area contributed by atoms with Crippen molar-refractivity contribution in [2.24, 2.45) is 0 Å². The van der Waals surface area contributed by atoms with Gasteiger partial charge in [-0.2, -0.15) is 13.2 Å². The summed E-state index contributed by atoms with van der Waals surface area (Å²) in [6.45, 7) is -0.296. The van der Waals surface area contributed by atoms with Gasteiger partial charge in [0.1, 0.15) is 29.8 Å². The molecule has 36 heavy (non-hydrogen) atoms. The molecule has 0 spiro atoms. The quantitative estimate of drug-likeness (QED) is 0.322. The molecular weight excluding hydrogens is 500 g/mol. The van der Waals surface area contributed by atoms with Crippen LogP contribution in [0.1, 0.15) is 31.2 Å². The van der Waals surface area contributed by atoms with Crippen LogP contribution in [0, 0.1) is 0 Å². The number of aromatic nitrogens is 4. The van der Waals surface area contributed by atoms with Crippen LogP contribution in [0.3, 0.4) is 0 Å². The van der Waals surface area contributed by atoms with Crippen LogP contribution in [0.15, 0.2) is 68.1 Å². The number of benzene rings is 1. The molecule has 1 aliphatic rings. The molecule has 0 saturated carbocycles. The van der Waals surface area contributed by atoms with Crippen LogP contribution in [-0.2, 0) is 16.7 Å². The molecule has 0 unspecified atom stereocenters. The molecule has 2 amide bonds. The van der Waals surface area contributed by atoms with Gasteiger partial charge in [-0.25, -0.2) is 14.5 Å². The predicted molar refractivity (Wildman–Crippen MR) is 116 cm³/mol.